The van der Waals surface area contributed by atoms with Crippen LogP contribution in [0.3, 0.4) is 0 Å². The maximum absolute atomic E-state index is 10.9. The fourth-order valence-electron chi connectivity index (χ4n) is 1.65. The SMILES string of the molecule is C#CC(CCC)Nc1c(C)cccc1[N+](=O)[O-]. The van der Waals surface area contributed by atoms with Crippen LogP contribution in [-0.4, -0.2) is 11.0 Å². The zero-order chi connectivity index (χ0) is 12.8. The number of hydrogen-bond acceptors (Lipinski definition) is 3. The zero-order valence-corrected chi connectivity index (χ0v) is 10.1. The molecule has 0 aliphatic rings. The largest absolute Gasteiger partial charge is 0.366 e. The molecule has 0 heterocycles. The van der Waals surface area contributed by atoms with Crippen LogP contribution in [0, 0.1) is 29.4 Å². The molecular formula is C13H16N2O2. The Bertz CT molecular complexity index is 449. The Balaban J connectivity index is 3.04. The highest BCUT2D eigenvalue weighted by atomic mass is 16.6. The van der Waals surface area contributed by atoms with Crippen LogP contribution in [0.5, 0.6) is 0 Å². The first-order chi connectivity index (χ1) is 8.10. The van der Waals surface area contributed by atoms with Crippen LogP contribution in [0.15, 0.2) is 18.2 Å². The quantitative estimate of drug-likeness (QED) is 0.482. The minimum Gasteiger partial charge on any atom is -0.366 e. The van der Waals surface area contributed by atoms with Gasteiger partial charge < -0.3 is 5.32 Å². The third kappa shape index (κ3) is 3.22. The second-order valence-corrected chi connectivity index (χ2v) is 3.88. The molecule has 17 heavy (non-hydrogen) atoms. The normalized spacial score (nSPS) is 11.6. The first kappa shape index (κ1) is 13.0. The highest BCUT2D eigenvalue weighted by Crippen LogP contribution is 2.28. The number of nitrogens with one attached hydrogen (secondary N) is 1. The molecule has 4 nitrogen and oxygen atoms in total. The lowest BCUT2D eigenvalue weighted by atomic mass is 10.1. The molecule has 1 aromatic rings. The van der Waals surface area contributed by atoms with Crippen LogP contribution >= 0.6 is 0 Å². The molecule has 4 heteroatoms. The minimum atomic E-state index is -0.394. The van der Waals surface area contributed by atoms with Crippen molar-refractivity contribution in [2.45, 2.75) is 32.7 Å². The Morgan fingerprint density at radius 1 is 1.59 bits per heavy atom. The van der Waals surface area contributed by atoms with Gasteiger partial charge >= 0.3 is 0 Å². The number of benzene rings is 1. The third-order valence-corrected chi connectivity index (χ3v) is 2.54. The summed E-state index contributed by atoms with van der Waals surface area (Å²) < 4.78 is 0. The molecule has 1 rings (SSSR count). The van der Waals surface area contributed by atoms with Crippen molar-refractivity contribution in [3.8, 4) is 12.3 Å². The molecule has 0 saturated heterocycles. The maximum atomic E-state index is 10.9. The number of rotatable bonds is 5. The van der Waals surface area contributed by atoms with Gasteiger partial charge in [0.25, 0.3) is 5.69 Å². The summed E-state index contributed by atoms with van der Waals surface area (Å²) in [4.78, 5) is 10.5. The second-order valence-electron chi connectivity index (χ2n) is 3.88. The summed E-state index contributed by atoms with van der Waals surface area (Å²) in [7, 11) is 0. The smallest absolute Gasteiger partial charge is 0.292 e. The second kappa shape index (κ2) is 5.90. The van der Waals surface area contributed by atoms with E-state index in [2.05, 4.69) is 11.2 Å². The molecule has 0 spiro atoms. The predicted octanol–water partition coefficient (Wildman–Crippen LogP) is 3.12. The van der Waals surface area contributed by atoms with Crippen LogP contribution in [0.2, 0.25) is 0 Å². The van der Waals surface area contributed by atoms with Crippen molar-refractivity contribution < 1.29 is 4.92 Å². The molecule has 0 aromatic heterocycles. The molecule has 0 aliphatic carbocycles. The van der Waals surface area contributed by atoms with E-state index in [0.29, 0.717) is 5.69 Å². The third-order valence-electron chi connectivity index (χ3n) is 2.54. The van der Waals surface area contributed by atoms with Gasteiger partial charge in [-0.05, 0) is 18.9 Å². The predicted molar refractivity (Wildman–Crippen MR) is 69.0 cm³/mol. The van der Waals surface area contributed by atoms with Gasteiger partial charge in [-0.2, -0.15) is 0 Å². The Morgan fingerprint density at radius 2 is 2.29 bits per heavy atom. The van der Waals surface area contributed by atoms with E-state index in [-0.39, 0.29) is 11.7 Å². The van der Waals surface area contributed by atoms with Gasteiger partial charge in [0.1, 0.15) is 5.69 Å². The van der Waals surface area contributed by atoms with Crippen molar-refractivity contribution in [3.63, 3.8) is 0 Å². The summed E-state index contributed by atoms with van der Waals surface area (Å²) in [6.45, 7) is 3.85. The van der Waals surface area contributed by atoms with E-state index in [9.17, 15) is 10.1 Å². The number of aryl methyl sites for hydroxylation is 1. The molecule has 0 bridgehead atoms. The van der Waals surface area contributed by atoms with Crippen molar-refractivity contribution in [2.24, 2.45) is 0 Å². The lowest BCUT2D eigenvalue weighted by Gasteiger charge is -2.15. The summed E-state index contributed by atoms with van der Waals surface area (Å²) in [5.41, 5.74) is 1.42. The van der Waals surface area contributed by atoms with Gasteiger partial charge in [-0.25, -0.2) is 0 Å². The Labute approximate surface area is 101 Å². The van der Waals surface area contributed by atoms with Gasteiger partial charge in [-0.1, -0.05) is 31.4 Å². The summed E-state index contributed by atoms with van der Waals surface area (Å²) >= 11 is 0. The Morgan fingerprint density at radius 3 is 2.82 bits per heavy atom. The first-order valence-electron chi connectivity index (χ1n) is 5.56. The molecule has 0 fully saturated rings. The van der Waals surface area contributed by atoms with Crippen molar-refractivity contribution in [1.29, 1.82) is 0 Å². The topological polar surface area (TPSA) is 55.2 Å². The lowest BCUT2D eigenvalue weighted by Crippen LogP contribution is -2.18. The van der Waals surface area contributed by atoms with E-state index in [0.717, 1.165) is 18.4 Å². The van der Waals surface area contributed by atoms with Gasteiger partial charge in [0.2, 0.25) is 0 Å². The number of nitro benzene ring substituents is 1. The standard InChI is InChI=1S/C13H16N2O2/c1-4-7-11(5-2)14-13-10(3)8-6-9-12(13)15(16)17/h2,6,8-9,11,14H,4,7H2,1,3H3. The van der Waals surface area contributed by atoms with Crippen molar-refractivity contribution in [2.75, 3.05) is 5.32 Å². The molecule has 90 valence electrons. The minimum absolute atomic E-state index is 0.0707. The van der Waals surface area contributed by atoms with Crippen molar-refractivity contribution >= 4 is 11.4 Å². The number of para-hydroxylation sites is 1. The molecular weight excluding hydrogens is 216 g/mol. The van der Waals surface area contributed by atoms with Gasteiger partial charge in [-0.15, -0.1) is 6.42 Å². The zero-order valence-electron chi connectivity index (χ0n) is 10.1. The molecule has 0 aliphatic heterocycles. The summed E-state index contributed by atoms with van der Waals surface area (Å²) in [6, 6.07) is 4.81. The van der Waals surface area contributed by atoms with E-state index >= 15 is 0 Å². The van der Waals surface area contributed by atoms with Crippen LogP contribution in [0.4, 0.5) is 11.4 Å². The van der Waals surface area contributed by atoms with E-state index in [1.165, 1.54) is 6.07 Å². The summed E-state index contributed by atoms with van der Waals surface area (Å²) in [5.74, 6) is 2.61. The number of terminal acetylenes is 1. The lowest BCUT2D eigenvalue weighted by molar-refractivity contribution is -0.384. The van der Waals surface area contributed by atoms with Crippen LogP contribution in [-0.2, 0) is 0 Å². The number of hydrogen-bond donors (Lipinski definition) is 1. The first-order valence-corrected chi connectivity index (χ1v) is 5.56. The van der Waals surface area contributed by atoms with Crippen LogP contribution in [0.1, 0.15) is 25.3 Å². The van der Waals surface area contributed by atoms with E-state index in [1.807, 2.05) is 19.9 Å². The fourth-order valence-corrected chi connectivity index (χ4v) is 1.65. The van der Waals surface area contributed by atoms with E-state index in [1.54, 1.807) is 6.07 Å². The Kier molecular flexibility index (Phi) is 4.53. The van der Waals surface area contributed by atoms with Gasteiger partial charge in [0, 0.05) is 6.07 Å². The highest BCUT2D eigenvalue weighted by molar-refractivity contribution is 5.66. The highest BCUT2D eigenvalue weighted by Gasteiger charge is 2.17. The molecule has 1 unspecified atom stereocenters. The molecule has 1 aromatic carbocycles. The van der Waals surface area contributed by atoms with Gasteiger partial charge in [0.15, 0.2) is 0 Å². The fraction of sp³-hybridized carbons (Fsp3) is 0.385. The summed E-state index contributed by atoms with van der Waals surface area (Å²) in [6.07, 6.45) is 7.13. The van der Waals surface area contributed by atoms with E-state index in [4.69, 9.17) is 6.42 Å². The van der Waals surface area contributed by atoms with Crippen LogP contribution < -0.4 is 5.32 Å². The van der Waals surface area contributed by atoms with Crippen molar-refractivity contribution in [3.05, 3.63) is 33.9 Å². The number of nitrogens with zero attached hydrogens (tertiary/aromatic N) is 1. The molecule has 0 saturated carbocycles. The van der Waals surface area contributed by atoms with E-state index < -0.39 is 4.92 Å². The Hall–Kier alpha value is -2.02. The number of anilines is 1. The molecule has 0 radical (unpaired) electrons. The average molecular weight is 232 g/mol. The van der Waals surface area contributed by atoms with Crippen molar-refractivity contribution in [1.82, 2.24) is 0 Å². The van der Waals surface area contributed by atoms with Crippen LogP contribution in [0.25, 0.3) is 0 Å². The molecule has 1 atom stereocenters. The summed E-state index contributed by atoms with van der Waals surface area (Å²) in [5, 5.41) is 14.0. The van der Waals surface area contributed by atoms with Gasteiger partial charge in [0.05, 0.1) is 11.0 Å². The molecule has 1 N–H and O–H groups in total. The maximum Gasteiger partial charge on any atom is 0.292 e. The number of nitro groups is 1. The average Bonchev–Trinajstić information content (AvgIpc) is 2.30. The monoisotopic (exact) mass is 232 g/mol. The molecule has 0 amide bonds. The van der Waals surface area contributed by atoms with Gasteiger partial charge in [-0.3, -0.25) is 10.1 Å².